The number of carbonyl (C=O) groups is 1. The lowest BCUT2D eigenvalue weighted by Gasteiger charge is -2.32. The van der Waals surface area contributed by atoms with Crippen LogP contribution >= 0.6 is 0 Å². The summed E-state index contributed by atoms with van der Waals surface area (Å²) in [4.78, 5) is 18.9. The molecule has 0 bridgehead atoms. The number of rotatable bonds is 5. The molecule has 0 N–H and O–H groups in total. The van der Waals surface area contributed by atoms with Gasteiger partial charge in [-0.25, -0.2) is 8.78 Å². The zero-order valence-corrected chi connectivity index (χ0v) is 20.8. The van der Waals surface area contributed by atoms with Gasteiger partial charge in [0.25, 0.3) is 5.91 Å². The van der Waals surface area contributed by atoms with Crippen molar-refractivity contribution in [3.05, 3.63) is 77.2 Å². The van der Waals surface area contributed by atoms with Gasteiger partial charge in [0.15, 0.2) is 0 Å². The molecule has 2 aliphatic heterocycles. The smallest absolute Gasteiger partial charge is 0.255 e. The molecule has 2 aromatic heterocycles. The lowest BCUT2D eigenvalue weighted by Crippen LogP contribution is -2.45. The molecule has 0 aliphatic carbocycles. The molecule has 2 aromatic carbocycles. The molecule has 6 rings (SSSR count). The van der Waals surface area contributed by atoms with E-state index in [4.69, 9.17) is 9.47 Å². The highest BCUT2D eigenvalue weighted by molar-refractivity contribution is 6.42. The first-order chi connectivity index (χ1) is 17.7. The van der Waals surface area contributed by atoms with Gasteiger partial charge < -0.3 is 14.4 Å². The Kier molecular flexibility index (Phi) is 5.56. The number of halogens is 2. The lowest BCUT2D eigenvalue weighted by atomic mass is 9.59. The second kappa shape index (κ2) is 8.69. The van der Waals surface area contributed by atoms with Crippen molar-refractivity contribution in [1.82, 2.24) is 19.7 Å². The Hall–Kier alpha value is -3.72. The fraction of sp³-hybridized carbons (Fsp3) is 0.269. The van der Waals surface area contributed by atoms with Crippen LogP contribution < -0.4 is 4.74 Å². The monoisotopic (exact) mass is 500 g/mol. The van der Waals surface area contributed by atoms with Crippen molar-refractivity contribution in [3.8, 4) is 16.9 Å². The summed E-state index contributed by atoms with van der Waals surface area (Å²) in [6, 6.07) is 9.56. The molecule has 0 unspecified atom stereocenters. The summed E-state index contributed by atoms with van der Waals surface area (Å²) in [5, 5.41) is 4.46. The van der Waals surface area contributed by atoms with Crippen molar-refractivity contribution in [2.45, 2.75) is 24.4 Å². The number of aromatic nitrogens is 3. The van der Waals surface area contributed by atoms with E-state index in [1.165, 1.54) is 17.0 Å². The molecular weight excluding hydrogens is 476 g/mol. The summed E-state index contributed by atoms with van der Waals surface area (Å²) in [7, 11) is 5.45. The highest BCUT2D eigenvalue weighted by atomic mass is 19.1. The minimum Gasteiger partial charge on any atom is -0.486 e. The number of hydrogen-bond donors (Lipinski definition) is 0. The van der Waals surface area contributed by atoms with Gasteiger partial charge in [-0.1, -0.05) is 0 Å². The maximum absolute atomic E-state index is 15.5. The van der Waals surface area contributed by atoms with Crippen LogP contribution in [0.15, 0.2) is 48.8 Å². The molecule has 1 saturated heterocycles. The summed E-state index contributed by atoms with van der Waals surface area (Å²) < 4.78 is 44.1. The van der Waals surface area contributed by atoms with Crippen LogP contribution in [0, 0.1) is 11.6 Å². The third-order valence-corrected chi connectivity index (χ3v) is 7.24. The SMILES string of the molecule is BC1(B)c2ncccc2C(=O)N1Cc1c(F)cc(-c2ccc(O[C@@H]3CCOC3)c3nn(C)cc23)cc1F. The van der Waals surface area contributed by atoms with Crippen LogP contribution in [0.2, 0.25) is 0 Å². The normalized spacial score (nSPS) is 18.5. The van der Waals surface area contributed by atoms with Crippen LogP contribution in [0.1, 0.15) is 28.0 Å². The van der Waals surface area contributed by atoms with Gasteiger partial charge in [0.05, 0.1) is 31.0 Å². The Bertz CT molecular complexity index is 1530. The van der Waals surface area contributed by atoms with Gasteiger partial charge in [-0.3, -0.25) is 14.5 Å². The van der Waals surface area contributed by atoms with Crippen molar-refractivity contribution >= 4 is 32.5 Å². The van der Waals surface area contributed by atoms with E-state index in [-0.39, 0.29) is 24.1 Å². The first kappa shape index (κ1) is 23.7. The van der Waals surface area contributed by atoms with Crippen LogP contribution in [0.3, 0.4) is 0 Å². The number of fused-ring (bicyclic) bond motifs is 2. The molecule has 2 aliphatic rings. The topological polar surface area (TPSA) is 69.5 Å². The first-order valence-corrected chi connectivity index (χ1v) is 12.2. The molecule has 186 valence electrons. The average Bonchev–Trinajstić information content (AvgIpc) is 3.56. The van der Waals surface area contributed by atoms with Gasteiger partial charge in [0.1, 0.15) is 44.7 Å². The molecule has 7 nitrogen and oxygen atoms in total. The third kappa shape index (κ3) is 3.89. The van der Waals surface area contributed by atoms with Crippen molar-refractivity contribution in [3.63, 3.8) is 0 Å². The predicted molar refractivity (Wildman–Crippen MR) is 139 cm³/mol. The number of carbonyl (C=O) groups excluding carboxylic acids is 1. The summed E-state index contributed by atoms with van der Waals surface area (Å²) in [6.45, 7) is 0.964. The van der Waals surface area contributed by atoms with Gasteiger partial charge in [-0.2, -0.15) is 5.10 Å². The largest absolute Gasteiger partial charge is 0.486 e. The molecule has 0 saturated carbocycles. The second-order valence-electron chi connectivity index (χ2n) is 10.0. The fourth-order valence-corrected chi connectivity index (χ4v) is 5.26. The Morgan fingerprint density at radius 3 is 2.68 bits per heavy atom. The average molecular weight is 500 g/mol. The number of ether oxygens (including phenoxy) is 2. The molecule has 11 heteroatoms. The maximum Gasteiger partial charge on any atom is 0.255 e. The molecule has 0 spiro atoms. The standard InChI is InChI=1S/C26H24B2F2N4O3/c1-33-11-18-16(4-5-22(23(18)32-33)37-15-6-8-36-13-15)14-9-20(29)19(21(30)10-14)12-34-25(35)17-3-2-7-31-24(17)26(34,27)28/h2-5,7,9-11,15H,6,8,12-13,27-28H2,1H3/t15-/m1/s1. The quantitative estimate of drug-likeness (QED) is 0.393. The van der Waals surface area contributed by atoms with Crippen molar-refractivity contribution < 1.29 is 23.0 Å². The lowest BCUT2D eigenvalue weighted by molar-refractivity contribution is 0.0727. The van der Waals surface area contributed by atoms with Crippen molar-refractivity contribution in [1.29, 1.82) is 0 Å². The molecule has 37 heavy (non-hydrogen) atoms. The zero-order chi connectivity index (χ0) is 25.9. The maximum atomic E-state index is 15.5. The van der Waals surface area contributed by atoms with E-state index in [0.717, 1.165) is 11.8 Å². The van der Waals surface area contributed by atoms with Gasteiger partial charge >= 0.3 is 0 Å². The number of hydrogen-bond acceptors (Lipinski definition) is 5. The molecule has 1 atom stereocenters. The number of benzene rings is 2. The minimum absolute atomic E-state index is 0.0517. The van der Waals surface area contributed by atoms with E-state index in [1.807, 2.05) is 21.9 Å². The Morgan fingerprint density at radius 1 is 1.19 bits per heavy atom. The number of nitrogens with zero attached hydrogens (tertiary/aromatic N) is 4. The molecule has 1 fully saturated rings. The zero-order valence-electron chi connectivity index (χ0n) is 20.8. The molecule has 0 radical (unpaired) electrons. The van der Waals surface area contributed by atoms with E-state index < -0.39 is 17.0 Å². The molecule has 4 heterocycles. The Labute approximate surface area is 214 Å². The fourth-order valence-electron chi connectivity index (χ4n) is 5.26. The summed E-state index contributed by atoms with van der Waals surface area (Å²) in [5.74, 6) is -1.13. The van der Waals surface area contributed by atoms with Crippen molar-refractivity contribution in [2.24, 2.45) is 7.05 Å². The highest BCUT2D eigenvalue weighted by Gasteiger charge is 2.44. The second-order valence-corrected chi connectivity index (χ2v) is 10.0. The van der Waals surface area contributed by atoms with Gasteiger partial charge in [0, 0.05) is 42.1 Å². The number of pyridine rings is 1. The summed E-state index contributed by atoms with van der Waals surface area (Å²) in [6.07, 6.45) is 4.17. The van der Waals surface area contributed by atoms with Crippen LogP contribution in [0.5, 0.6) is 5.75 Å². The van der Waals surface area contributed by atoms with E-state index in [2.05, 4.69) is 10.1 Å². The van der Waals surface area contributed by atoms with Crippen LogP contribution in [0.25, 0.3) is 22.0 Å². The van der Waals surface area contributed by atoms with Crippen molar-refractivity contribution in [2.75, 3.05) is 13.2 Å². The molecular formula is C26H24B2F2N4O3. The molecule has 4 aromatic rings. The number of aryl methyl sites for hydroxylation is 1. The van der Waals surface area contributed by atoms with Gasteiger partial charge in [-0.15, -0.1) is 0 Å². The van der Waals surface area contributed by atoms with E-state index in [0.29, 0.717) is 46.9 Å². The van der Waals surface area contributed by atoms with E-state index in [1.54, 1.807) is 42.2 Å². The van der Waals surface area contributed by atoms with E-state index >= 15 is 8.78 Å². The van der Waals surface area contributed by atoms with E-state index in [9.17, 15) is 4.79 Å². The van der Waals surface area contributed by atoms with Gasteiger partial charge in [-0.05, 0) is 47.5 Å². The minimum atomic E-state index is -0.798. The Balaban J connectivity index is 1.35. The van der Waals surface area contributed by atoms with Crippen LogP contribution in [-0.2, 0) is 23.7 Å². The summed E-state index contributed by atoms with van der Waals surface area (Å²) in [5.41, 5.74) is 2.52. The molecule has 1 amide bonds. The highest BCUT2D eigenvalue weighted by Crippen LogP contribution is 2.38. The van der Waals surface area contributed by atoms with Crippen LogP contribution in [0.4, 0.5) is 8.78 Å². The third-order valence-electron chi connectivity index (χ3n) is 7.24. The first-order valence-electron chi connectivity index (χ1n) is 12.2. The van der Waals surface area contributed by atoms with Gasteiger partial charge in [0.2, 0.25) is 0 Å². The number of amides is 1. The van der Waals surface area contributed by atoms with Crippen LogP contribution in [-0.4, -0.2) is 60.6 Å². The Morgan fingerprint density at radius 2 is 1.97 bits per heavy atom. The predicted octanol–water partition coefficient (Wildman–Crippen LogP) is 2.11. The summed E-state index contributed by atoms with van der Waals surface area (Å²) >= 11 is 0.